The largest absolute Gasteiger partial charge is 0.488 e. The highest BCUT2D eigenvalue weighted by molar-refractivity contribution is 9.10. The third-order valence-corrected chi connectivity index (χ3v) is 8.37. The second-order valence-corrected chi connectivity index (χ2v) is 11.5. The Labute approximate surface area is 246 Å². The molecule has 39 heavy (non-hydrogen) atoms. The van der Waals surface area contributed by atoms with E-state index in [1.54, 1.807) is 23.1 Å². The van der Waals surface area contributed by atoms with Gasteiger partial charge < -0.3 is 10.5 Å². The zero-order valence-corrected chi connectivity index (χ0v) is 24.6. The van der Waals surface area contributed by atoms with E-state index in [9.17, 15) is 10.1 Å². The van der Waals surface area contributed by atoms with Gasteiger partial charge in [0.25, 0.3) is 0 Å². The maximum Gasteiger partial charge on any atom is 0.161 e. The van der Waals surface area contributed by atoms with Gasteiger partial charge >= 0.3 is 0 Å². The van der Waals surface area contributed by atoms with E-state index in [0.717, 1.165) is 38.2 Å². The Hall–Kier alpha value is -3.24. The standard InChI is InChI=1S/C31H26BrCl2N3O2/c1-17-10-18(2)23(11-19(17)16-39-28-9-4-3-6-25(28)32)29-24(15-35)31(36)37(22-13-20(33)12-21(34)14-22)26-7-5-8-27(38)30(26)29/h3-4,6,9-14,29H,5,7-8,16,36H2,1-2H3. The number of anilines is 1. The van der Waals surface area contributed by atoms with Gasteiger partial charge in [-0.1, -0.05) is 47.5 Å². The summed E-state index contributed by atoms with van der Waals surface area (Å²) >= 11 is 16.2. The van der Waals surface area contributed by atoms with E-state index in [1.807, 2.05) is 38.1 Å². The summed E-state index contributed by atoms with van der Waals surface area (Å²) in [4.78, 5) is 15.3. The number of para-hydroxylation sites is 1. The van der Waals surface area contributed by atoms with Gasteiger partial charge in [-0.15, -0.1) is 0 Å². The molecule has 1 atom stereocenters. The number of Topliss-reactive ketones (excluding diaryl/α,β-unsaturated/α-hetero) is 1. The molecule has 5 nitrogen and oxygen atoms in total. The lowest BCUT2D eigenvalue weighted by molar-refractivity contribution is -0.116. The van der Waals surface area contributed by atoms with Crippen LogP contribution in [0.1, 0.15) is 47.4 Å². The minimum Gasteiger partial charge on any atom is -0.488 e. The van der Waals surface area contributed by atoms with E-state index in [4.69, 9.17) is 33.7 Å². The summed E-state index contributed by atoms with van der Waals surface area (Å²) in [5.74, 6) is 0.458. The van der Waals surface area contributed by atoms with Crippen LogP contribution in [0.2, 0.25) is 10.0 Å². The van der Waals surface area contributed by atoms with E-state index >= 15 is 0 Å². The zero-order valence-electron chi connectivity index (χ0n) is 21.5. The fourth-order valence-electron chi connectivity index (χ4n) is 5.46. The topological polar surface area (TPSA) is 79.4 Å². The van der Waals surface area contributed by atoms with Crippen LogP contribution < -0.4 is 15.4 Å². The molecule has 0 radical (unpaired) electrons. The summed E-state index contributed by atoms with van der Waals surface area (Å²) in [5.41, 5.74) is 13.0. The molecular formula is C31H26BrCl2N3O2. The third kappa shape index (κ3) is 5.19. The first-order valence-corrected chi connectivity index (χ1v) is 14.1. The summed E-state index contributed by atoms with van der Waals surface area (Å²) in [6, 6.07) is 19.3. The number of ketones is 1. The smallest absolute Gasteiger partial charge is 0.161 e. The van der Waals surface area contributed by atoms with Gasteiger partial charge in [-0.2, -0.15) is 5.26 Å². The van der Waals surface area contributed by atoms with Crippen LogP contribution in [-0.2, 0) is 11.4 Å². The number of nitriles is 1. The van der Waals surface area contributed by atoms with E-state index < -0.39 is 5.92 Å². The van der Waals surface area contributed by atoms with Crippen LogP contribution in [0.15, 0.2) is 81.7 Å². The van der Waals surface area contributed by atoms with Crippen LogP contribution in [0, 0.1) is 25.2 Å². The lowest BCUT2D eigenvalue weighted by Crippen LogP contribution is -2.39. The molecule has 0 bridgehead atoms. The Morgan fingerprint density at radius 3 is 2.49 bits per heavy atom. The second kappa shape index (κ2) is 11.1. The van der Waals surface area contributed by atoms with Crippen LogP contribution in [-0.4, -0.2) is 5.78 Å². The highest BCUT2D eigenvalue weighted by atomic mass is 79.9. The second-order valence-electron chi connectivity index (χ2n) is 9.80. The molecular weight excluding hydrogens is 597 g/mol. The molecule has 0 saturated heterocycles. The number of allylic oxidation sites excluding steroid dienone is 3. The van der Waals surface area contributed by atoms with Gasteiger partial charge in [0.1, 0.15) is 18.2 Å². The molecule has 1 aliphatic heterocycles. The van der Waals surface area contributed by atoms with Crippen LogP contribution in [0.5, 0.6) is 5.75 Å². The molecule has 1 unspecified atom stereocenters. The molecule has 198 valence electrons. The predicted molar refractivity (Wildman–Crippen MR) is 159 cm³/mol. The van der Waals surface area contributed by atoms with Crippen molar-refractivity contribution in [1.82, 2.24) is 0 Å². The summed E-state index contributed by atoms with van der Waals surface area (Å²) < 4.78 is 6.99. The fraction of sp³-hybridized carbons (Fsp3) is 0.226. The normalized spacial score (nSPS) is 17.3. The van der Waals surface area contributed by atoms with Gasteiger partial charge in [0.2, 0.25) is 0 Å². The molecule has 3 aromatic carbocycles. The number of hydrogen-bond acceptors (Lipinski definition) is 5. The van der Waals surface area contributed by atoms with Crippen LogP contribution in [0.3, 0.4) is 0 Å². The molecule has 8 heteroatoms. The Bertz CT molecular complexity index is 1590. The highest BCUT2D eigenvalue weighted by Crippen LogP contribution is 2.48. The third-order valence-electron chi connectivity index (χ3n) is 7.27. The first-order chi connectivity index (χ1) is 18.7. The summed E-state index contributed by atoms with van der Waals surface area (Å²) in [6.07, 6.45) is 1.76. The van der Waals surface area contributed by atoms with E-state index in [1.165, 1.54) is 0 Å². The molecule has 1 aliphatic carbocycles. The number of ether oxygens (including phenoxy) is 1. The molecule has 0 spiro atoms. The van der Waals surface area contributed by atoms with Crippen LogP contribution in [0.4, 0.5) is 5.69 Å². The summed E-state index contributed by atoms with van der Waals surface area (Å²) in [7, 11) is 0. The van der Waals surface area contributed by atoms with E-state index in [0.29, 0.717) is 52.7 Å². The van der Waals surface area contributed by atoms with Gasteiger partial charge in [0.15, 0.2) is 5.78 Å². The molecule has 1 heterocycles. The van der Waals surface area contributed by atoms with Crippen molar-refractivity contribution in [3.8, 4) is 11.8 Å². The van der Waals surface area contributed by atoms with Crippen molar-refractivity contribution >= 4 is 50.6 Å². The number of halogens is 3. The summed E-state index contributed by atoms with van der Waals surface area (Å²) in [6.45, 7) is 4.37. The van der Waals surface area contributed by atoms with Gasteiger partial charge in [-0.05, 0) is 95.2 Å². The number of carbonyl (C=O) groups excluding carboxylic acids is 1. The molecule has 0 fully saturated rings. The number of aryl methyl sites for hydroxylation is 2. The van der Waals surface area contributed by atoms with Crippen molar-refractivity contribution in [2.45, 2.75) is 45.6 Å². The summed E-state index contributed by atoms with van der Waals surface area (Å²) in [5, 5.41) is 11.3. The Morgan fingerprint density at radius 1 is 1.08 bits per heavy atom. The molecule has 2 aliphatic rings. The minimum atomic E-state index is -0.577. The highest BCUT2D eigenvalue weighted by Gasteiger charge is 2.41. The molecule has 0 saturated carbocycles. The first kappa shape index (κ1) is 27.3. The number of benzene rings is 3. The first-order valence-electron chi connectivity index (χ1n) is 12.6. The molecule has 3 aromatic rings. The predicted octanol–water partition coefficient (Wildman–Crippen LogP) is 8.26. The number of hydrogen-bond donors (Lipinski definition) is 1. The van der Waals surface area contributed by atoms with Crippen LogP contribution >= 0.6 is 39.1 Å². The van der Waals surface area contributed by atoms with Gasteiger partial charge in [-0.25, -0.2) is 0 Å². The zero-order chi connectivity index (χ0) is 27.8. The Balaban J connectivity index is 1.65. The van der Waals surface area contributed by atoms with Crippen LogP contribution in [0.25, 0.3) is 0 Å². The SMILES string of the molecule is Cc1cc(C)c(C2C(C#N)=C(N)N(c3cc(Cl)cc(Cl)c3)C3=C2C(=O)CCC3)cc1COc1ccccc1Br. The maximum atomic E-state index is 13.6. The van der Waals surface area contributed by atoms with Gasteiger partial charge in [-0.3, -0.25) is 9.69 Å². The van der Waals surface area contributed by atoms with Crippen molar-refractivity contribution in [3.05, 3.63) is 114 Å². The van der Waals surface area contributed by atoms with Crippen molar-refractivity contribution in [1.29, 1.82) is 5.26 Å². The fourth-order valence-corrected chi connectivity index (χ4v) is 6.37. The number of nitrogens with two attached hydrogens (primary N) is 1. The number of nitrogens with zero attached hydrogens (tertiary/aromatic N) is 2. The van der Waals surface area contributed by atoms with E-state index in [2.05, 4.69) is 34.1 Å². The Morgan fingerprint density at radius 2 is 1.79 bits per heavy atom. The average molecular weight is 623 g/mol. The van der Waals surface area contributed by atoms with Crippen molar-refractivity contribution in [3.63, 3.8) is 0 Å². The van der Waals surface area contributed by atoms with Crippen molar-refractivity contribution in [2.75, 3.05) is 4.90 Å². The monoisotopic (exact) mass is 621 g/mol. The quantitative estimate of drug-likeness (QED) is 0.310. The molecule has 0 aromatic heterocycles. The number of carbonyl (C=O) groups is 1. The van der Waals surface area contributed by atoms with Crippen molar-refractivity contribution in [2.24, 2.45) is 5.73 Å². The molecule has 2 N–H and O–H groups in total. The lowest BCUT2D eigenvalue weighted by Gasteiger charge is -2.40. The number of rotatable bonds is 5. The minimum absolute atomic E-state index is 0.0191. The maximum absolute atomic E-state index is 13.6. The van der Waals surface area contributed by atoms with Gasteiger partial charge in [0.05, 0.1) is 27.7 Å². The average Bonchev–Trinajstić information content (AvgIpc) is 2.88. The molecule has 0 amide bonds. The lowest BCUT2D eigenvalue weighted by atomic mass is 9.74. The van der Waals surface area contributed by atoms with E-state index in [-0.39, 0.29) is 11.6 Å². The Kier molecular flexibility index (Phi) is 7.77. The molecule has 5 rings (SSSR count). The van der Waals surface area contributed by atoms with Gasteiger partial charge in [0, 0.05) is 27.7 Å². The van der Waals surface area contributed by atoms with Crippen molar-refractivity contribution < 1.29 is 9.53 Å².